The minimum atomic E-state index is -2.90. The first-order valence-electron chi connectivity index (χ1n) is 6.94. The van der Waals surface area contributed by atoms with Gasteiger partial charge < -0.3 is 34.3 Å². The average Bonchev–Trinajstić information content (AvgIpc) is 2.67. The van der Waals surface area contributed by atoms with Crippen molar-refractivity contribution in [3.8, 4) is 0 Å². The van der Waals surface area contributed by atoms with E-state index in [9.17, 15) is 20.1 Å². The van der Waals surface area contributed by atoms with Gasteiger partial charge in [0, 0.05) is 0 Å². The lowest BCUT2D eigenvalue weighted by atomic mass is 9.98. The van der Waals surface area contributed by atoms with Crippen LogP contribution in [0.15, 0.2) is 0 Å². The minimum Gasteiger partial charge on any atom is -0.477 e. The predicted octanol–water partition coefficient (Wildman–Crippen LogP) is 2.12. The number of hydrogen-bond acceptors (Lipinski definition) is 7. The van der Waals surface area contributed by atoms with Crippen molar-refractivity contribution >= 4 is 75.6 Å². The zero-order valence-corrected chi connectivity index (χ0v) is 17.6. The molecule has 0 unspecified atom stereocenters. The molecule has 2 fully saturated rings. The third-order valence-corrected chi connectivity index (χ3v) is 5.18. The Kier molecular flexibility index (Phi) is 6.29. The largest absolute Gasteiger partial charge is 0.477 e. The van der Waals surface area contributed by atoms with Crippen LogP contribution in [-0.2, 0) is 23.7 Å². The third kappa shape index (κ3) is 3.86. The van der Waals surface area contributed by atoms with E-state index in [1.54, 1.807) is 0 Å². The molecule has 3 N–H and O–H groups in total. The summed E-state index contributed by atoms with van der Waals surface area (Å²) in [5.74, 6) is -8.82. The summed E-state index contributed by atoms with van der Waals surface area (Å²) >= 11 is 35.1. The fraction of sp³-hybridized carbons (Fsp3) is 0.917. The Morgan fingerprint density at radius 3 is 2.00 bits per heavy atom. The van der Waals surface area contributed by atoms with Crippen molar-refractivity contribution in [1.82, 2.24) is 0 Å². The number of carboxylic acids is 1. The van der Waals surface area contributed by atoms with E-state index >= 15 is 0 Å². The maximum atomic E-state index is 11.5. The molecule has 2 aliphatic heterocycles. The van der Waals surface area contributed by atoms with Crippen LogP contribution in [0.2, 0.25) is 0 Å². The second-order valence-corrected chi connectivity index (χ2v) is 10.7. The van der Waals surface area contributed by atoms with E-state index in [4.69, 9.17) is 88.6 Å². The maximum absolute atomic E-state index is 11.5. The molecule has 0 bridgehead atoms. The Balaban J connectivity index is 2.49. The lowest BCUT2D eigenvalue weighted by Crippen LogP contribution is -2.69. The van der Waals surface area contributed by atoms with Gasteiger partial charge in [0.1, 0.15) is 12.2 Å². The highest BCUT2D eigenvalue weighted by Gasteiger charge is 2.71. The quantitative estimate of drug-likeness (QED) is 0.496. The van der Waals surface area contributed by atoms with Crippen LogP contribution in [0.5, 0.6) is 0 Å². The molecule has 152 valence electrons. The lowest BCUT2D eigenvalue weighted by Gasteiger charge is -2.50. The molecule has 8 nitrogen and oxygen atoms in total. The Bertz CT molecular complexity index is 561. The van der Waals surface area contributed by atoms with Gasteiger partial charge in [0.25, 0.3) is 11.6 Å². The van der Waals surface area contributed by atoms with Crippen molar-refractivity contribution in [3.05, 3.63) is 0 Å². The number of aliphatic carboxylic acids is 1. The highest BCUT2D eigenvalue weighted by atomic mass is 35.6. The first-order chi connectivity index (χ1) is 11.5. The molecule has 26 heavy (non-hydrogen) atoms. The standard InChI is InChI=1S/C12H14Cl6O8/c1-8(2)25-6(9(22,26-8)7(20)21)5-4(19)3-23-10(24-5,11(13,14)15)12(16,17)18/h4-6,19,22H,3H2,1-2H3,(H,20,21)/t4-,5+,6-,9-/m0/s1. The smallest absolute Gasteiger partial charge is 0.367 e. The summed E-state index contributed by atoms with van der Waals surface area (Å²) in [5.41, 5.74) is 0. The van der Waals surface area contributed by atoms with E-state index in [2.05, 4.69) is 0 Å². The summed E-state index contributed by atoms with van der Waals surface area (Å²) in [7, 11) is 0. The Labute approximate surface area is 178 Å². The molecule has 14 heteroatoms. The number of aliphatic hydroxyl groups excluding tert-OH is 1. The second-order valence-electron chi connectivity index (χ2n) is 6.11. The van der Waals surface area contributed by atoms with Crippen molar-refractivity contribution in [2.24, 2.45) is 0 Å². The average molecular weight is 499 g/mol. The van der Waals surface area contributed by atoms with Crippen LogP contribution in [0.3, 0.4) is 0 Å². The van der Waals surface area contributed by atoms with Gasteiger partial charge in [-0.1, -0.05) is 69.6 Å². The van der Waals surface area contributed by atoms with Gasteiger partial charge in [0.2, 0.25) is 7.59 Å². The first-order valence-corrected chi connectivity index (χ1v) is 9.21. The SMILES string of the molecule is CC1(C)O[C@@H]([C@@H]2OC(C(Cl)(Cl)Cl)(C(Cl)(Cl)Cl)OC[C@@H]2O)[C@@](O)(C(=O)O)O1. The molecular weight excluding hydrogens is 485 g/mol. The Morgan fingerprint density at radius 2 is 1.58 bits per heavy atom. The lowest BCUT2D eigenvalue weighted by molar-refractivity contribution is -0.341. The third-order valence-electron chi connectivity index (χ3n) is 3.69. The number of ether oxygens (including phenoxy) is 4. The number of carboxylic acid groups (broad SMARTS) is 1. The number of hydrogen-bond donors (Lipinski definition) is 3. The molecule has 4 atom stereocenters. The molecule has 0 amide bonds. The maximum Gasteiger partial charge on any atom is 0.367 e. The molecule has 0 aromatic heterocycles. The molecule has 2 saturated heterocycles. The van der Waals surface area contributed by atoms with E-state index < -0.39 is 55.8 Å². The fourth-order valence-electron chi connectivity index (χ4n) is 2.62. The van der Waals surface area contributed by atoms with E-state index in [-0.39, 0.29) is 0 Å². The van der Waals surface area contributed by atoms with Crippen LogP contribution < -0.4 is 0 Å². The summed E-state index contributed by atoms with van der Waals surface area (Å²) < 4.78 is 16.1. The zero-order chi connectivity index (χ0) is 20.3. The van der Waals surface area contributed by atoms with Gasteiger partial charge in [0.05, 0.1) is 6.61 Å². The molecule has 0 aromatic carbocycles. The summed E-state index contributed by atoms with van der Waals surface area (Å²) in [6.07, 6.45) is -5.00. The van der Waals surface area contributed by atoms with Crippen molar-refractivity contribution in [1.29, 1.82) is 0 Å². The molecular formula is C12H14Cl6O8. The minimum absolute atomic E-state index is 0.595. The van der Waals surface area contributed by atoms with Gasteiger partial charge in [-0.05, 0) is 13.8 Å². The van der Waals surface area contributed by atoms with Crippen LogP contribution in [-0.4, -0.2) is 71.2 Å². The number of aliphatic hydroxyl groups is 2. The van der Waals surface area contributed by atoms with Crippen LogP contribution >= 0.6 is 69.6 Å². The molecule has 2 aliphatic rings. The van der Waals surface area contributed by atoms with Crippen molar-refractivity contribution in [2.75, 3.05) is 6.61 Å². The summed E-state index contributed by atoms with van der Waals surface area (Å²) in [6, 6.07) is 0. The van der Waals surface area contributed by atoms with Gasteiger partial charge in [-0.3, -0.25) is 0 Å². The highest BCUT2D eigenvalue weighted by molar-refractivity contribution is 6.73. The molecule has 0 aromatic rings. The Morgan fingerprint density at radius 1 is 1.08 bits per heavy atom. The molecule has 0 spiro atoms. The van der Waals surface area contributed by atoms with Crippen LogP contribution in [0.1, 0.15) is 13.8 Å². The van der Waals surface area contributed by atoms with E-state index in [1.807, 2.05) is 0 Å². The van der Waals surface area contributed by atoms with Crippen LogP contribution in [0.25, 0.3) is 0 Å². The highest BCUT2D eigenvalue weighted by Crippen LogP contribution is 2.57. The zero-order valence-electron chi connectivity index (χ0n) is 13.1. The molecule has 2 heterocycles. The van der Waals surface area contributed by atoms with E-state index in [1.165, 1.54) is 13.8 Å². The molecule has 2 rings (SSSR count). The normalized spacial score (nSPS) is 37.5. The molecule has 0 radical (unpaired) electrons. The van der Waals surface area contributed by atoms with Crippen molar-refractivity contribution in [3.63, 3.8) is 0 Å². The first kappa shape index (κ1) is 23.3. The second kappa shape index (κ2) is 7.04. The topological polar surface area (TPSA) is 115 Å². The number of halogens is 6. The van der Waals surface area contributed by atoms with Crippen LogP contribution in [0.4, 0.5) is 0 Å². The molecule has 0 saturated carbocycles. The van der Waals surface area contributed by atoms with Gasteiger partial charge in [0.15, 0.2) is 11.9 Å². The van der Waals surface area contributed by atoms with E-state index in [0.29, 0.717) is 0 Å². The van der Waals surface area contributed by atoms with Gasteiger partial charge >= 0.3 is 5.97 Å². The van der Waals surface area contributed by atoms with Gasteiger partial charge in [-0.25, -0.2) is 4.79 Å². The number of carbonyl (C=O) groups is 1. The summed E-state index contributed by atoms with van der Waals surface area (Å²) in [5, 5.41) is 30.0. The Hall–Kier alpha value is 0.970. The predicted molar refractivity (Wildman–Crippen MR) is 92.8 cm³/mol. The molecule has 0 aliphatic carbocycles. The van der Waals surface area contributed by atoms with Crippen molar-refractivity contribution in [2.45, 2.75) is 57.1 Å². The van der Waals surface area contributed by atoms with Gasteiger partial charge in [-0.2, -0.15) is 0 Å². The van der Waals surface area contributed by atoms with Crippen LogP contribution in [0, 0.1) is 0 Å². The van der Waals surface area contributed by atoms with Crippen molar-refractivity contribution < 1.29 is 39.1 Å². The van der Waals surface area contributed by atoms with E-state index in [0.717, 1.165) is 0 Å². The summed E-state index contributed by atoms with van der Waals surface area (Å²) in [4.78, 5) is 11.5. The number of alkyl halides is 6. The number of rotatable bonds is 2. The fourth-order valence-corrected chi connectivity index (χ4v) is 4.50. The van der Waals surface area contributed by atoms with Gasteiger partial charge in [-0.15, -0.1) is 0 Å². The monoisotopic (exact) mass is 496 g/mol. The summed E-state index contributed by atoms with van der Waals surface area (Å²) in [6.45, 7) is 2.08.